The number of fused-ring (bicyclic) bond motifs is 1. The van der Waals surface area contributed by atoms with Gasteiger partial charge in [0, 0.05) is 24.2 Å². The Kier molecular flexibility index (Phi) is 4.17. The van der Waals surface area contributed by atoms with Crippen LogP contribution in [0.3, 0.4) is 0 Å². The molecule has 2 aromatic rings. The summed E-state index contributed by atoms with van der Waals surface area (Å²) < 4.78 is 24.5. The average molecular weight is 251 g/mol. The monoisotopic (exact) mass is 251 g/mol. The van der Waals surface area contributed by atoms with Crippen LogP contribution in [0, 0.1) is 0 Å². The number of hydrogen-bond donors (Lipinski definition) is 2. The van der Waals surface area contributed by atoms with Gasteiger partial charge in [-0.2, -0.15) is 0 Å². The Labute approximate surface area is 104 Å². The highest BCUT2D eigenvalue weighted by Crippen LogP contribution is 2.21. The lowest BCUT2D eigenvalue weighted by Crippen LogP contribution is -2.32. The smallest absolute Gasteiger partial charge is 0.250 e. The number of nitrogens with zero attached hydrogens (tertiary/aromatic N) is 1. The van der Waals surface area contributed by atoms with E-state index in [1.165, 1.54) is 0 Å². The molecule has 0 saturated carbocycles. The van der Waals surface area contributed by atoms with E-state index in [1.54, 1.807) is 6.20 Å². The standard InChI is InChI=1S/C13H15F2N3/c14-12(15)8-18-11(7-16)10-5-1-3-9-4-2-6-17-13(9)10/h1-6,11-12,18H,7-8,16H2. The summed E-state index contributed by atoms with van der Waals surface area (Å²) in [6, 6.07) is 9.16. The van der Waals surface area contributed by atoms with Gasteiger partial charge in [-0.3, -0.25) is 4.98 Å². The molecule has 1 aromatic carbocycles. The van der Waals surface area contributed by atoms with Crippen molar-refractivity contribution in [3.8, 4) is 0 Å². The number of hydrogen-bond acceptors (Lipinski definition) is 3. The van der Waals surface area contributed by atoms with Crippen molar-refractivity contribution in [2.75, 3.05) is 13.1 Å². The van der Waals surface area contributed by atoms with Crippen LogP contribution in [0.25, 0.3) is 10.9 Å². The van der Waals surface area contributed by atoms with Crippen LogP contribution in [0.15, 0.2) is 36.5 Å². The van der Waals surface area contributed by atoms with Gasteiger partial charge >= 0.3 is 0 Å². The fourth-order valence-corrected chi connectivity index (χ4v) is 1.96. The molecule has 96 valence electrons. The van der Waals surface area contributed by atoms with Crippen molar-refractivity contribution in [2.24, 2.45) is 5.73 Å². The van der Waals surface area contributed by atoms with Crippen LogP contribution in [0.5, 0.6) is 0 Å². The lowest BCUT2D eigenvalue weighted by Gasteiger charge is -2.18. The molecule has 0 fully saturated rings. The fourth-order valence-electron chi connectivity index (χ4n) is 1.96. The highest BCUT2D eigenvalue weighted by Gasteiger charge is 2.14. The average Bonchev–Trinajstić information content (AvgIpc) is 2.39. The minimum atomic E-state index is -2.39. The number of alkyl halides is 2. The Hall–Kier alpha value is -1.59. The molecule has 0 aliphatic rings. The van der Waals surface area contributed by atoms with E-state index >= 15 is 0 Å². The topological polar surface area (TPSA) is 50.9 Å². The van der Waals surface area contributed by atoms with Gasteiger partial charge in [0.1, 0.15) is 0 Å². The van der Waals surface area contributed by atoms with Crippen molar-refractivity contribution in [3.05, 3.63) is 42.1 Å². The maximum Gasteiger partial charge on any atom is 0.250 e. The first-order chi connectivity index (χ1) is 8.72. The molecule has 0 radical (unpaired) electrons. The summed E-state index contributed by atoms with van der Waals surface area (Å²) in [6.07, 6.45) is -0.700. The van der Waals surface area contributed by atoms with E-state index in [9.17, 15) is 8.78 Å². The van der Waals surface area contributed by atoms with Gasteiger partial charge < -0.3 is 11.1 Å². The molecule has 0 aliphatic heterocycles. The van der Waals surface area contributed by atoms with Gasteiger partial charge in [-0.15, -0.1) is 0 Å². The van der Waals surface area contributed by atoms with Crippen LogP contribution in [-0.2, 0) is 0 Å². The highest BCUT2D eigenvalue weighted by molar-refractivity contribution is 5.82. The van der Waals surface area contributed by atoms with Crippen LogP contribution in [0.2, 0.25) is 0 Å². The van der Waals surface area contributed by atoms with E-state index in [4.69, 9.17) is 5.73 Å². The molecule has 0 amide bonds. The van der Waals surface area contributed by atoms with Crippen molar-refractivity contribution in [1.82, 2.24) is 10.3 Å². The zero-order valence-electron chi connectivity index (χ0n) is 9.81. The summed E-state index contributed by atoms with van der Waals surface area (Å²) in [5, 5.41) is 3.74. The molecule has 1 atom stereocenters. The number of halogens is 2. The third-order valence-corrected chi connectivity index (χ3v) is 2.79. The Morgan fingerprint density at radius 3 is 2.72 bits per heavy atom. The van der Waals surface area contributed by atoms with E-state index in [2.05, 4.69) is 10.3 Å². The van der Waals surface area contributed by atoms with E-state index in [-0.39, 0.29) is 19.1 Å². The Morgan fingerprint density at radius 1 is 1.22 bits per heavy atom. The molecule has 1 aromatic heterocycles. The minimum Gasteiger partial charge on any atom is -0.329 e. The number of aromatic nitrogens is 1. The number of pyridine rings is 1. The molecule has 18 heavy (non-hydrogen) atoms. The predicted molar refractivity (Wildman–Crippen MR) is 67.5 cm³/mol. The number of para-hydroxylation sites is 1. The minimum absolute atomic E-state index is 0.252. The number of rotatable bonds is 5. The second kappa shape index (κ2) is 5.84. The van der Waals surface area contributed by atoms with E-state index in [0.29, 0.717) is 0 Å². The Balaban J connectivity index is 2.32. The number of nitrogens with two attached hydrogens (primary N) is 1. The zero-order chi connectivity index (χ0) is 13.0. The second-order valence-corrected chi connectivity index (χ2v) is 4.01. The molecule has 1 unspecified atom stereocenters. The SMILES string of the molecule is NCC(NCC(F)F)c1cccc2cccnc12. The molecule has 2 rings (SSSR count). The molecule has 3 nitrogen and oxygen atoms in total. The van der Waals surface area contributed by atoms with Gasteiger partial charge in [0.2, 0.25) is 0 Å². The van der Waals surface area contributed by atoms with E-state index < -0.39 is 6.43 Å². The molecule has 0 spiro atoms. The summed E-state index contributed by atoms with van der Waals surface area (Å²) in [5.74, 6) is 0. The maximum absolute atomic E-state index is 12.2. The molecule has 0 saturated heterocycles. The van der Waals surface area contributed by atoms with Gasteiger partial charge in [0.15, 0.2) is 0 Å². The molecule has 3 N–H and O–H groups in total. The largest absolute Gasteiger partial charge is 0.329 e. The van der Waals surface area contributed by atoms with Gasteiger partial charge in [-0.05, 0) is 11.6 Å². The third-order valence-electron chi connectivity index (χ3n) is 2.79. The van der Waals surface area contributed by atoms with Gasteiger partial charge in [-0.1, -0.05) is 24.3 Å². The van der Waals surface area contributed by atoms with Crippen molar-refractivity contribution in [2.45, 2.75) is 12.5 Å². The van der Waals surface area contributed by atoms with Gasteiger partial charge in [0.05, 0.1) is 12.1 Å². The Bertz CT molecular complexity index is 511. The van der Waals surface area contributed by atoms with Crippen LogP contribution >= 0.6 is 0 Å². The summed E-state index contributed by atoms with van der Waals surface area (Å²) in [7, 11) is 0. The van der Waals surface area contributed by atoms with E-state index in [0.717, 1.165) is 16.5 Å². The van der Waals surface area contributed by atoms with Crippen LogP contribution in [-0.4, -0.2) is 24.5 Å². The molecular formula is C13H15F2N3. The first-order valence-electron chi connectivity index (χ1n) is 5.77. The summed E-state index contributed by atoms with van der Waals surface area (Å²) in [5.41, 5.74) is 7.31. The van der Waals surface area contributed by atoms with Crippen LogP contribution < -0.4 is 11.1 Å². The van der Waals surface area contributed by atoms with E-state index in [1.807, 2.05) is 30.3 Å². The first kappa shape index (κ1) is 12.9. The number of benzene rings is 1. The molecule has 0 aliphatic carbocycles. The third kappa shape index (κ3) is 2.80. The maximum atomic E-state index is 12.2. The first-order valence-corrected chi connectivity index (χ1v) is 5.77. The number of nitrogens with one attached hydrogen (secondary N) is 1. The lowest BCUT2D eigenvalue weighted by atomic mass is 10.0. The molecule has 5 heteroatoms. The Morgan fingerprint density at radius 2 is 2.00 bits per heavy atom. The normalized spacial score (nSPS) is 13.1. The van der Waals surface area contributed by atoms with Crippen LogP contribution in [0.1, 0.15) is 11.6 Å². The molecule has 0 bridgehead atoms. The van der Waals surface area contributed by atoms with Crippen molar-refractivity contribution in [3.63, 3.8) is 0 Å². The lowest BCUT2D eigenvalue weighted by molar-refractivity contribution is 0.141. The molecule has 1 heterocycles. The zero-order valence-corrected chi connectivity index (χ0v) is 9.81. The quantitative estimate of drug-likeness (QED) is 0.855. The van der Waals surface area contributed by atoms with Gasteiger partial charge in [0.25, 0.3) is 6.43 Å². The second-order valence-electron chi connectivity index (χ2n) is 4.01. The summed E-state index contributed by atoms with van der Waals surface area (Å²) >= 11 is 0. The van der Waals surface area contributed by atoms with Gasteiger partial charge in [-0.25, -0.2) is 8.78 Å². The predicted octanol–water partition coefficient (Wildman–Crippen LogP) is 2.09. The van der Waals surface area contributed by atoms with Crippen molar-refractivity contribution >= 4 is 10.9 Å². The van der Waals surface area contributed by atoms with Crippen molar-refractivity contribution < 1.29 is 8.78 Å². The molecular weight excluding hydrogens is 236 g/mol. The highest BCUT2D eigenvalue weighted by atomic mass is 19.3. The summed E-state index contributed by atoms with van der Waals surface area (Å²) in [6.45, 7) is -0.118. The fraction of sp³-hybridized carbons (Fsp3) is 0.308. The van der Waals surface area contributed by atoms with Crippen LogP contribution in [0.4, 0.5) is 8.78 Å². The van der Waals surface area contributed by atoms with Crippen molar-refractivity contribution in [1.29, 1.82) is 0 Å². The summed E-state index contributed by atoms with van der Waals surface area (Å²) in [4.78, 5) is 4.29.